The number of carboxylic acid groups (broad SMARTS) is 1. The molecule has 17 heteroatoms. The fourth-order valence-electron chi connectivity index (χ4n) is 9.98. The Kier molecular flexibility index (Phi) is 13.2. The molecule has 0 unspecified atom stereocenters. The molecule has 0 bridgehead atoms. The predicted octanol–water partition coefficient (Wildman–Crippen LogP) is 9.85. The van der Waals surface area contributed by atoms with Gasteiger partial charge in [0.25, 0.3) is 0 Å². The Morgan fingerprint density at radius 2 is 1.28 bits per heavy atom. The molecular weight excluding hydrogens is 893 g/mol. The van der Waals surface area contributed by atoms with E-state index in [9.17, 15) is 24.3 Å². The fourth-order valence-corrected chi connectivity index (χ4v) is 10.8. The van der Waals surface area contributed by atoms with E-state index in [1.807, 2.05) is 45.7 Å². The summed E-state index contributed by atoms with van der Waals surface area (Å²) < 4.78 is 8.19. The molecule has 2 saturated heterocycles. The highest BCUT2D eigenvalue weighted by atomic mass is 32.1. The smallest absolute Gasteiger partial charge is 0.407 e. The largest absolute Gasteiger partial charge is 0.465 e. The van der Waals surface area contributed by atoms with E-state index in [2.05, 4.69) is 98.7 Å². The molecule has 4 N–H and O–H groups in total. The minimum absolute atomic E-state index is 0.125. The summed E-state index contributed by atoms with van der Waals surface area (Å²) in [6, 6.07) is 25.4. The number of aryl methyl sites for hydroxylation is 1. The third-order valence-electron chi connectivity index (χ3n) is 13.5. The third-order valence-corrected chi connectivity index (χ3v) is 14.4. The number of imidazole rings is 2. The van der Waals surface area contributed by atoms with Gasteiger partial charge in [-0.05, 0) is 97.0 Å². The zero-order valence-electron chi connectivity index (χ0n) is 39.9. The number of amides is 4. The number of rotatable bonds is 13. The number of nitrogens with zero attached hydrogens (tertiary/aromatic N) is 7. The lowest BCUT2D eigenvalue weighted by Gasteiger charge is -2.33. The van der Waals surface area contributed by atoms with Crippen LogP contribution in [0.5, 0.6) is 0 Å². The number of carbonyl (C=O) groups excluding carboxylic acids is 3. The number of benzene rings is 3. The van der Waals surface area contributed by atoms with Crippen molar-refractivity contribution in [3.05, 3.63) is 108 Å². The van der Waals surface area contributed by atoms with Crippen LogP contribution in [0, 0.1) is 18.8 Å². The number of thiazole rings is 1. The van der Waals surface area contributed by atoms with Crippen molar-refractivity contribution in [3.8, 4) is 50.7 Å². The van der Waals surface area contributed by atoms with Crippen molar-refractivity contribution in [2.24, 2.45) is 11.8 Å². The van der Waals surface area contributed by atoms with Crippen molar-refractivity contribution < 1.29 is 29.0 Å². The Morgan fingerprint density at radius 3 is 1.77 bits per heavy atom. The van der Waals surface area contributed by atoms with Crippen molar-refractivity contribution in [2.75, 3.05) is 27.2 Å². The van der Waals surface area contributed by atoms with Crippen molar-refractivity contribution in [1.29, 1.82) is 0 Å². The second-order valence-corrected chi connectivity index (χ2v) is 19.9. The molecule has 0 radical (unpaired) electrons. The van der Waals surface area contributed by atoms with Gasteiger partial charge in [-0.15, -0.1) is 11.3 Å². The van der Waals surface area contributed by atoms with Crippen LogP contribution in [0.3, 0.4) is 0 Å². The van der Waals surface area contributed by atoms with Gasteiger partial charge >= 0.3 is 12.2 Å². The quantitative estimate of drug-likeness (QED) is 0.0870. The molecule has 69 heavy (non-hydrogen) atoms. The number of alkyl carbamates (subject to hydrolysis) is 1. The highest BCUT2D eigenvalue weighted by molar-refractivity contribution is 7.18. The summed E-state index contributed by atoms with van der Waals surface area (Å²) in [7, 11) is 2.74. The first-order chi connectivity index (χ1) is 33.2. The molecule has 3 aromatic carbocycles. The van der Waals surface area contributed by atoms with Gasteiger partial charge in [0.2, 0.25) is 11.8 Å². The molecule has 0 aliphatic carbocycles. The molecule has 2 aliphatic heterocycles. The number of ether oxygens (including phenoxy) is 1. The van der Waals surface area contributed by atoms with Crippen molar-refractivity contribution in [3.63, 3.8) is 0 Å². The maximum atomic E-state index is 13.8. The van der Waals surface area contributed by atoms with Gasteiger partial charge in [0, 0.05) is 25.8 Å². The van der Waals surface area contributed by atoms with Gasteiger partial charge in [-0.1, -0.05) is 76.2 Å². The molecule has 4 amide bonds. The number of likely N-dealkylation sites (N-methyl/N-ethyl adjacent to an activating group) is 1. The fraction of sp³-hybridized carbons (Fsp3) is 0.365. The van der Waals surface area contributed by atoms with Gasteiger partial charge in [-0.3, -0.25) is 14.5 Å². The first-order valence-electron chi connectivity index (χ1n) is 23.5. The van der Waals surface area contributed by atoms with Crippen LogP contribution >= 0.6 is 11.3 Å². The third kappa shape index (κ3) is 9.22. The van der Waals surface area contributed by atoms with Gasteiger partial charge < -0.3 is 39.5 Å². The zero-order valence-corrected chi connectivity index (χ0v) is 40.7. The summed E-state index contributed by atoms with van der Waals surface area (Å²) in [6.07, 6.45) is 4.98. The van der Waals surface area contributed by atoms with E-state index in [0.717, 1.165) is 96.5 Å². The number of hydrogen-bond donors (Lipinski definition) is 4. The number of nitrogens with one attached hydrogen (secondary N) is 3. The summed E-state index contributed by atoms with van der Waals surface area (Å²) in [5.41, 5.74) is 9.50. The van der Waals surface area contributed by atoms with Crippen molar-refractivity contribution in [2.45, 2.75) is 84.5 Å². The van der Waals surface area contributed by atoms with E-state index < -0.39 is 24.3 Å². The molecule has 7 aromatic rings. The van der Waals surface area contributed by atoms with E-state index in [0.29, 0.717) is 24.7 Å². The molecule has 9 rings (SSSR count). The number of likely N-dealkylation sites (tertiary alicyclic amines) is 2. The van der Waals surface area contributed by atoms with Crippen LogP contribution in [0.15, 0.2) is 91.3 Å². The second-order valence-electron chi connectivity index (χ2n) is 18.7. The van der Waals surface area contributed by atoms with Crippen LogP contribution in [-0.4, -0.2) is 113 Å². The molecule has 0 spiro atoms. The number of methoxy groups -OCH3 is 1. The monoisotopic (exact) mass is 950 g/mol. The van der Waals surface area contributed by atoms with Gasteiger partial charge in [-0.2, -0.15) is 0 Å². The maximum absolute atomic E-state index is 13.8. The Bertz CT molecular complexity index is 3010. The first kappa shape index (κ1) is 46.8. The SMILES string of the molecule is COC(=O)N[C@H](C(=O)N1CCC[C@H]1c1ncc(-c2ccc(-c3ccc(-c4ccc(-c5cnc([C@@H]6CCCN6C(=O)[C@H](C(C)C)N(C)C(=O)O)[nH]5)cc4)n3-c3ccc4sc(C)nc4c3)cc2)[nH]1)C(C)C. The number of hydrogen-bond acceptors (Lipinski definition) is 9. The van der Waals surface area contributed by atoms with Crippen LogP contribution in [-0.2, 0) is 14.3 Å². The minimum atomic E-state index is -1.13. The summed E-state index contributed by atoms with van der Waals surface area (Å²) in [5, 5.41) is 13.4. The van der Waals surface area contributed by atoms with Gasteiger partial charge in [0.05, 0.1) is 69.6 Å². The Labute approximate surface area is 404 Å². The van der Waals surface area contributed by atoms with Crippen LogP contribution < -0.4 is 5.32 Å². The van der Waals surface area contributed by atoms with E-state index in [1.165, 1.54) is 14.2 Å². The summed E-state index contributed by atoms with van der Waals surface area (Å²) in [5.74, 6) is 0.723. The van der Waals surface area contributed by atoms with E-state index in [-0.39, 0.29) is 35.7 Å². The molecule has 16 nitrogen and oxygen atoms in total. The van der Waals surface area contributed by atoms with Crippen molar-refractivity contribution >= 4 is 45.6 Å². The van der Waals surface area contributed by atoms with Crippen LogP contribution in [0.25, 0.3) is 60.9 Å². The molecular formula is C52H58N10O6S. The molecule has 2 fully saturated rings. The first-order valence-corrected chi connectivity index (χ1v) is 24.3. The summed E-state index contributed by atoms with van der Waals surface area (Å²) >= 11 is 1.67. The molecule has 0 saturated carbocycles. The molecule has 2 aliphatic rings. The van der Waals surface area contributed by atoms with Crippen molar-refractivity contribution in [1.82, 2.24) is 49.5 Å². The van der Waals surface area contributed by atoms with E-state index in [1.54, 1.807) is 22.4 Å². The standard InChI is InChI=1S/C52H58N10O6S/c1-29(2)45(58-51(65)68-7)49(63)60-24-8-10-42(60)47-53-27-38(56-47)32-12-16-34(17-13-32)40-21-22-41(62(40)36-20-23-44-37(26-36)55-31(5)69-44)35-18-14-33(15-19-35)39-28-54-48(57-39)43-11-9-25-61(43)50(64)46(30(3)4)59(6)52(66)67/h12-23,26-30,42-43,45-46H,8-11,24-25H2,1-7H3,(H,53,56)(H,54,57)(H,58,65)(H,66,67)/t42-,43-,45-,46-/m0/s1. The van der Waals surface area contributed by atoms with Gasteiger partial charge in [0.15, 0.2) is 0 Å². The lowest BCUT2D eigenvalue weighted by molar-refractivity contribution is -0.138. The highest BCUT2D eigenvalue weighted by Gasteiger charge is 2.40. The number of aromatic nitrogens is 6. The zero-order chi connectivity index (χ0) is 48.7. The lowest BCUT2D eigenvalue weighted by Crippen LogP contribution is -2.51. The number of aromatic amines is 2. The average molecular weight is 951 g/mol. The van der Waals surface area contributed by atoms with E-state index in [4.69, 9.17) is 19.7 Å². The molecule has 358 valence electrons. The predicted molar refractivity (Wildman–Crippen MR) is 266 cm³/mol. The second kappa shape index (κ2) is 19.4. The molecule has 4 atom stereocenters. The minimum Gasteiger partial charge on any atom is -0.465 e. The molecule has 4 aromatic heterocycles. The summed E-state index contributed by atoms with van der Waals surface area (Å²) in [4.78, 5) is 77.5. The Balaban J connectivity index is 0.975. The van der Waals surface area contributed by atoms with E-state index >= 15 is 0 Å². The molecule has 6 heterocycles. The normalized spacial score (nSPS) is 16.9. The number of carbonyl (C=O) groups is 4. The maximum Gasteiger partial charge on any atom is 0.407 e. The Morgan fingerprint density at radius 1 is 0.754 bits per heavy atom. The summed E-state index contributed by atoms with van der Waals surface area (Å²) in [6.45, 7) is 10.7. The number of fused-ring (bicyclic) bond motifs is 1. The topological polar surface area (TPSA) is 195 Å². The highest BCUT2D eigenvalue weighted by Crippen LogP contribution is 2.38. The van der Waals surface area contributed by atoms with Crippen LogP contribution in [0.4, 0.5) is 9.59 Å². The van der Waals surface area contributed by atoms with Crippen LogP contribution in [0.1, 0.15) is 82.1 Å². The number of H-pyrrole nitrogens is 2. The van der Waals surface area contributed by atoms with Gasteiger partial charge in [-0.25, -0.2) is 24.5 Å². The average Bonchev–Trinajstić information content (AvgIpc) is 4.20. The Hall–Kier alpha value is -7.27. The lowest BCUT2D eigenvalue weighted by atomic mass is 10.0. The van der Waals surface area contributed by atoms with Crippen LogP contribution in [0.2, 0.25) is 0 Å². The van der Waals surface area contributed by atoms with Gasteiger partial charge in [0.1, 0.15) is 23.7 Å².